The van der Waals surface area contributed by atoms with Crippen molar-refractivity contribution in [3.05, 3.63) is 0 Å². The van der Waals surface area contributed by atoms with Crippen LogP contribution in [0.4, 0.5) is 4.79 Å². The lowest BCUT2D eigenvalue weighted by atomic mass is 10.2. The number of hydrogen-bond acceptors (Lipinski definition) is 4. The molecule has 2 amide bonds. The van der Waals surface area contributed by atoms with E-state index in [1.54, 1.807) is 11.9 Å². The molecule has 20 heavy (non-hydrogen) atoms. The summed E-state index contributed by atoms with van der Waals surface area (Å²) in [6.45, 7) is 8.72. The number of carbonyl (C=O) groups excluding carboxylic acids is 2. The number of nitrogens with one attached hydrogen (secondary N) is 2. The highest BCUT2D eigenvalue weighted by atomic mass is 16.6. The van der Waals surface area contributed by atoms with Gasteiger partial charge in [-0.15, -0.1) is 0 Å². The zero-order valence-electron chi connectivity index (χ0n) is 13.2. The van der Waals surface area contributed by atoms with Crippen LogP contribution >= 0.6 is 0 Å². The molecule has 0 aromatic rings. The van der Waals surface area contributed by atoms with Gasteiger partial charge in [0.15, 0.2) is 0 Å². The fourth-order valence-electron chi connectivity index (χ4n) is 2.23. The van der Waals surface area contributed by atoms with Gasteiger partial charge >= 0.3 is 6.09 Å². The van der Waals surface area contributed by atoms with E-state index in [0.29, 0.717) is 6.54 Å². The van der Waals surface area contributed by atoms with E-state index in [2.05, 4.69) is 10.6 Å². The van der Waals surface area contributed by atoms with Crippen molar-refractivity contribution in [3.8, 4) is 0 Å². The number of amides is 2. The van der Waals surface area contributed by atoms with Crippen LogP contribution in [0.15, 0.2) is 0 Å². The van der Waals surface area contributed by atoms with Crippen molar-refractivity contribution >= 4 is 12.0 Å². The van der Waals surface area contributed by atoms with Gasteiger partial charge in [0.25, 0.3) is 0 Å². The van der Waals surface area contributed by atoms with Crippen molar-refractivity contribution in [2.45, 2.75) is 58.2 Å². The van der Waals surface area contributed by atoms with E-state index in [1.165, 1.54) is 0 Å². The maximum Gasteiger partial charge on any atom is 0.410 e. The molecule has 6 heteroatoms. The van der Waals surface area contributed by atoms with Gasteiger partial charge in [0.1, 0.15) is 5.60 Å². The molecule has 1 fully saturated rings. The lowest BCUT2D eigenvalue weighted by molar-refractivity contribution is -0.122. The molecule has 0 spiro atoms. The Morgan fingerprint density at radius 1 is 1.40 bits per heavy atom. The Morgan fingerprint density at radius 2 is 2.05 bits per heavy atom. The zero-order valence-corrected chi connectivity index (χ0v) is 13.2. The number of carbonyl (C=O) groups is 2. The monoisotopic (exact) mass is 285 g/mol. The molecule has 0 aromatic heterocycles. The minimum atomic E-state index is -0.479. The van der Waals surface area contributed by atoms with E-state index < -0.39 is 5.60 Å². The molecule has 2 unspecified atom stereocenters. The predicted molar refractivity (Wildman–Crippen MR) is 77.5 cm³/mol. The average molecular weight is 285 g/mol. The molecule has 0 aliphatic carbocycles. The predicted octanol–water partition coefficient (Wildman–Crippen LogP) is 1.11. The van der Waals surface area contributed by atoms with Gasteiger partial charge in [-0.3, -0.25) is 4.79 Å². The topological polar surface area (TPSA) is 70.7 Å². The number of ether oxygens (including phenoxy) is 1. The molecule has 1 heterocycles. The second-order valence-electron chi connectivity index (χ2n) is 6.21. The first-order valence-electron chi connectivity index (χ1n) is 7.19. The third-order valence-electron chi connectivity index (χ3n) is 3.30. The first-order valence-corrected chi connectivity index (χ1v) is 7.19. The molecule has 0 saturated carbocycles. The van der Waals surface area contributed by atoms with Gasteiger partial charge in [0, 0.05) is 26.2 Å². The highest BCUT2D eigenvalue weighted by molar-refractivity contribution is 5.80. The summed E-state index contributed by atoms with van der Waals surface area (Å²) >= 11 is 0. The van der Waals surface area contributed by atoms with E-state index in [0.717, 1.165) is 19.4 Å². The average Bonchev–Trinajstić information content (AvgIpc) is 2.81. The summed E-state index contributed by atoms with van der Waals surface area (Å²) in [6, 6.07) is -0.168. The van der Waals surface area contributed by atoms with Gasteiger partial charge in [-0.05, 0) is 40.5 Å². The lowest BCUT2D eigenvalue weighted by Gasteiger charge is -2.29. The van der Waals surface area contributed by atoms with Crippen LogP contribution in [-0.4, -0.2) is 54.7 Å². The second kappa shape index (κ2) is 6.92. The standard InChI is InChI=1S/C14H27N3O3/c1-10(12(18)15-5)16-9-11-7-6-8-17(11)13(19)20-14(2,3)4/h10-11,16H,6-9H2,1-5H3,(H,15,18). The number of hydrogen-bond donors (Lipinski definition) is 2. The first-order chi connectivity index (χ1) is 9.24. The summed E-state index contributed by atoms with van der Waals surface area (Å²) in [4.78, 5) is 25.3. The van der Waals surface area contributed by atoms with Gasteiger partial charge in [0.05, 0.1) is 6.04 Å². The van der Waals surface area contributed by atoms with Crippen molar-refractivity contribution < 1.29 is 14.3 Å². The van der Waals surface area contributed by atoms with E-state index in [-0.39, 0.29) is 24.1 Å². The number of nitrogens with zero attached hydrogens (tertiary/aromatic N) is 1. The van der Waals surface area contributed by atoms with Gasteiger partial charge in [-0.25, -0.2) is 4.79 Å². The molecule has 0 radical (unpaired) electrons. The molecule has 1 saturated heterocycles. The van der Waals surface area contributed by atoms with Gasteiger partial charge in [-0.1, -0.05) is 0 Å². The minimum Gasteiger partial charge on any atom is -0.444 e. The Hall–Kier alpha value is -1.30. The van der Waals surface area contributed by atoms with Crippen LogP contribution in [0.25, 0.3) is 0 Å². The largest absolute Gasteiger partial charge is 0.444 e. The normalized spacial score (nSPS) is 20.6. The van der Waals surface area contributed by atoms with Crippen LogP contribution in [0.1, 0.15) is 40.5 Å². The summed E-state index contributed by atoms with van der Waals surface area (Å²) in [6.07, 6.45) is 1.64. The molecule has 2 N–H and O–H groups in total. The Balaban J connectivity index is 2.49. The molecule has 6 nitrogen and oxygen atoms in total. The number of likely N-dealkylation sites (tertiary alicyclic amines) is 1. The number of rotatable bonds is 4. The van der Waals surface area contributed by atoms with Crippen molar-refractivity contribution in [2.24, 2.45) is 0 Å². The summed E-state index contributed by atoms with van der Waals surface area (Å²) in [5, 5.41) is 5.76. The zero-order chi connectivity index (χ0) is 15.3. The second-order valence-corrected chi connectivity index (χ2v) is 6.21. The lowest BCUT2D eigenvalue weighted by Crippen LogP contribution is -2.48. The van der Waals surface area contributed by atoms with E-state index in [4.69, 9.17) is 4.74 Å². The van der Waals surface area contributed by atoms with Crippen molar-refractivity contribution in [1.29, 1.82) is 0 Å². The molecule has 0 bridgehead atoms. The smallest absolute Gasteiger partial charge is 0.410 e. The molecule has 1 aliphatic heterocycles. The summed E-state index contributed by atoms with van der Waals surface area (Å²) < 4.78 is 5.41. The van der Waals surface area contributed by atoms with Crippen LogP contribution in [0.5, 0.6) is 0 Å². The van der Waals surface area contributed by atoms with Crippen molar-refractivity contribution in [1.82, 2.24) is 15.5 Å². The van der Waals surface area contributed by atoms with Crippen molar-refractivity contribution in [2.75, 3.05) is 20.1 Å². The van der Waals surface area contributed by atoms with Crippen LogP contribution in [-0.2, 0) is 9.53 Å². The van der Waals surface area contributed by atoms with Gasteiger partial charge in [-0.2, -0.15) is 0 Å². The maximum absolute atomic E-state index is 12.1. The Labute approximate surface area is 121 Å². The minimum absolute atomic E-state index is 0.0492. The van der Waals surface area contributed by atoms with Crippen LogP contribution in [0.2, 0.25) is 0 Å². The maximum atomic E-state index is 12.1. The molecule has 116 valence electrons. The number of likely N-dealkylation sites (N-methyl/N-ethyl adjacent to an activating group) is 1. The highest BCUT2D eigenvalue weighted by Gasteiger charge is 2.32. The molecule has 2 atom stereocenters. The summed E-state index contributed by atoms with van der Waals surface area (Å²) in [7, 11) is 1.61. The molecule has 1 aliphatic rings. The van der Waals surface area contributed by atoms with E-state index in [9.17, 15) is 9.59 Å². The van der Waals surface area contributed by atoms with Crippen LogP contribution in [0, 0.1) is 0 Å². The molecule has 0 aromatic carbocycles. The quantitative estimate of drug-likeness (QED) is 0.812. The third-order valence-corrected chi connectivity index (χ3v) is 3.30. The molecular weight excluding hydrogens is 258 g/mol. The fraction of sp³-hybridized carbons (Fsp3) is 0.857. The SMILES string of the molecule is CNC(=O)C(C)NCC1CCCN1C(=O)OC(C)(C)C. The summed E-state index contributed by atoms with van der Waals surface area (Å²) in [5.41, 5.74) is -0.479. The molecular formula is C14H27N3O3. The third kappa shape index (κ3) is 5.00. The first kappa shape index (κ1) is 16.8. The van der Waals surface area contributed by atoms with Gasteiger partial charge < -0.3 is 20.3 Å². The Morgan fingerprint density at radius 3 is 2.60 bits per heavy atom. The van der Waals surface area contributed by atoms with Crippen LogP contribution < -0.4 is 10.6 Å². The van der Waals surface area contributed by atoms with E-state index >= 15 is 0 Å². The Bertz CT molecular complexity index is 352. The van der Waals surface area contributed by atoms with Gasteiger partial charge in [0.2, 0.25) is 5.91 Å². The van der Waals surface area contributed by atoms with Crippen LogP contribution in [0.3, 0.4) is 0 Å². The highest BCUT2D eigenvalue weighted by Crippen LogP contribution is 2.20. The fourth-order valence-corrected chi connectivity index (χ4v) is 2.23. The molecule has 1 rings (SSSR count). The van der Waals surface area contributed by atoms with E-state index in [1.807, 2.05) is 27.7 Å². The Kier molecular flexibility index (Phi) is 5.80. The summed E-state index contributed by atoms with van der Waals surface area (Å²) in [5.74, 6) is -0.0492. The van der Waals surface area contributed by atoms with Crippen molar-refractivity contribution in [3.63, 3.8) is 0 Å².